The van der Waals surface area contributed by atoms with E-state index in [1.54, 1.807) is 36.1 Å². The van der Waals surface area contributed by atoms with Crippen LogP contribution in [0.3, 0.4) is 0 Å². The number of ether oxygens (including phenoxy) is 1. The van der Waals surface area contributed by atoms with Crippen LogP contribution in [0.2, 0.25) is 0 Å². The summed E-state index contributed by atoms with van der Waals surface area (Å²) in [4.78, 5) is 17.4. The molecule has 2 aromatic heterocycles. The summed E-state index contributed by atoms with van der Waals surface area (Å²) in [6.45, 7) is 0. The van der Waals surface area contributed by atoms with Gasteiger partial charge in [-0.15, -0.1) is 0 Å². The Morgan fingerprint density at radius 3 is 2.84 bits per heavy atom. The molecule has 6 heteroatoms. The fourth-order valence-corrected chi connectivity index (χ4v) is 3.26. The van der Waals surface area contributed by atoms with Crippen LogP contribution in [0.25, 0.3) is 16.7 Å². The van der Waals surface area contributed by atoms with E-state index in [0.29, 0.717) is 34.5 Å². The summed E-state index contributed by atoms with van der Waals surface area (Å²) < 4.78 is 6.81. The molecule has 1 N–H and O–H groups in total. The third-order valence-electron chi connectivity index (χ3n) is 4.12. The lowest BCUT2D eigenvalue weighted by atomic mass is 10.1. The van der Waals surface area contributed by atoms with Crippen LogP contribution in [-0.4, -0.2) is 27.1 Å². The second-order valence-corrected chi connectivity index (χ2v) is 6.48. The summed E-state index contributed by atoms with van der Waals surface area (Å²) in [5, 5.41) is 12.0. The number of pyridine rings is 2. The fraction of sp³-hybridized carbons (Fsp3) is 0.263. The first-order valence-electron chi connectivity index (χ1n) is 8.09. The summed E-state index contributed by atoms with van der Waals surface area (Å²) in [6.07, 6.45) is 3.88. The summed E-state index contributed by atoms with van der Waals surface area (Å²) >= 11 is 3.40. The molecule has 5 nitrogen and oxygen atoms in total. The van der Waals surface area contributed by atoms with Crippen molar-refractivity contribution in [1.82, 2.24) is 9.55 Å². The van der Waals surface area contributed by atoms with E-state index in [-0.39, 0.29) is 11.3 Å². The van der Waals surface area contributed by atoms with E-state index in [9.17, 15) is 9.90 Å². The van der Waals surface area contributed by atoms with Gasteiger partial charge in [0.15, 0.2) is 5.65 Å². The number of alkyl halides is 1. The number of fused-ring (bicyclic) bond motifs is 1. The summed E-state index contributed by atoms with van der Waals surface area (Å²) in [7, 11) is 1.58. The molecule has 0 amide bonds. The molecule has 2 heterocycles. The molecule has 0 unspecified atom stereocenters. The van der Waals surface area contributed by atoms with Gasteiger partial charge in [0.2, 0.25) is 0 Å². The molecule has 0 spiro atoms. The summed E-state index contributed by atoms with van der Waals surface area (Å²) in [5.41, 5.74) is 1.27. The predicted octanol–water partition coefficient (Wildman–Crippen LogP) is 3.82. The summed E-state index contributed by atoms with van der Waals surface area (Å²) in [6, 6.07) is 10.8. The molecule has 0 aliphatic rings. The van der Waals surface area contributed by atoms with Crippen molar-refractivity contribution in [1.29, 1.82) is 0 Å². The standard InChI is InChI=1S/C19H19BrN2O3/c1-25-14-7-4-6-13(12-14)22-18-15(9-5-11-21-18)17(23)16(19(22)24)8-2-3-10-20/h4-7,9,11-12,23H,2-3,8,10H2,1H3. The van der Waals surface area contributed by atoms with E-state index >= 15 is 0 Å². The summed E-state index contributed by atoms with van der Waals surface area (Å²) in [5.74, 6) is 0.684. The van der Waals surface area contributed by atoms with Crippen molar-refractivity contribution in [2.24, 2.45) is 0 Å². The van der Waals surface area contributed by atoms with E-state index in [1.807, 2.05) is 18.2 Å². The second-order valence-electron chi connectivity index (χ2n) is 5.69. The quantitative estimate of drug-likeness (QED) is 0.502. The number of methoxy groups -OCH3 is 1. The first-order chi connectivity index (χ1) is 12.2. The third kappa shape index (κ3) is 3.39. The van der Waals surface area contributed by atoms with Crippen molar-refractivity contribution >= 4 is 27.0 Å². The Morgan fingerprint density at radius 2 is 2.08 bits per heavy atom. The molecule has 0 saturated carbocycles. The molecule has 0 bridgehead atoms. The van der Waals surface area contributed by atoms with Gasteiger partial charge in [0, 0.05) is 17.6 Å². The van der Waals surface area contributed by atoms with E-state index in [2.05, 4.69) is 20.9 Å². The zero-order valence-corrected chi connectivity index (χ0v) is 15.5. The van der Waals surface area contributed by atoms with E-state index in [4.69, 9.17) is 4.74 Å². The average Bonchev–Trinajstić information content (AvgIpc) is 2.65. The van der Waals surface area contributed by atoms with Crippen LogP contribution in [0.15, 0.2) is 47.4 Å². The Kier molecular flexibility index (Phi) is 5.38. The lowest BCUT2D eigenvalue weighted by Crippen LogP contribution is -2.23. The van der Waals surface area contributed by atoms with Gasteiger partial charge in [-0.25, -0.2) is 4.98 Å². The Hall–Kier alpha value is -2.34. The highest BCUT2D eigenvalue weighted by atomic mass is 79.9. The highest BCUT2D eigenvalue weighted by molar-refractivity contribution is 9.09. The number of hydrogen-bond acceptors (Lipinski definition) is 4. The monoisotopic (exact) mass is 402 g/mol. The number of aromatic hydroxyl groups is 1. The zero-order valence-electron chi connectivity index (χ0n) is 13.9. The van der Waals surface area contributed by atoms with Crippen LogP contribution in [-0.2, 0) is 6.42 Å². The van der Waals surface area contributed by atoms with Crippen molar-refractivity contribution in [2.75, 3.05) is 12.4 Å². The van der Waals surface area contributed by atoms with Gasteiger partial charge in [0.25, 0.3) is 5.56 Å². The molecule has 0 saturated heterocycles. The number of unbranched alkanes of at least 4 members (excludes halogenated alkanes) is 1. The van der Waals surface area contributed by atoms with Gasteiger partial charge in [-0.3, -0.25) is 9.36 Å². The van der Waals surface area contributed by atoms with Crippen LogP contribution in [0.4, 0.5) is 0 Å². The minimum atomic E-state index is -0.244. The highest BCUT2D eigenvalue weighted by Gasteiger charge is 2.18. The normalized spacial score (nSPS) is 11.0. The largest absolute Gasteiger partial charge is 0.507 e. The van der Waals surface area contributed by atoms with E-state index < -0.39 is 0 Å². The molecule has 3 aromatic rings. The zero-order chi connectivity index (χ0) is 17.8. The van der Waals surface area contributed by atoms with Gasteiger partial charge in [0.05, 0.1) is 23.7 Å². The highest BCUT2D eigenvalue weighted by Crippen LogP contribution is 2.28. The maximum Gasteiger partial charge on any atom is 0.263 e. The number of benzene rings is 1. The molecular weight excluding hydrogens is 384 g/mol. The van der Waals surface area contributed by atoms with E-state index in [1.165, 1.54) is 0 Å². The Bertz CT molecular complexity index is 953. The lowest BCUT2D eigenvalue weighted by Gasteiger charge is -2.15. The van der Waals surface area contributed by atoms with Crippen LogP contribution in [0, 0.1) is 0 Å². The first kappa shape index (κ1) is 17.5. The maximum absolute atomic E-state index is 13.1. The number of aromatic nitrogens is 2. The minimum Gasteiger partial charge on any atom is -0.507 e. The predicted molar refractivity (Wildman–Crippen MR) is 102 cm³/mol. The molecule has 0 aliphatic heterocycles. The van der Waals surface area contributed by atoms with Crippen LogP contribution < -0.4 is 10.3 Å². The molecule has 0 radical (unpaired) electrons. The van der Waals surface area contributed by atoms with Crippen LogP contribution in [0.5, 0.6) is 11.5 Å². The van der Waals surface area contributed by atoms with Crippen molar-refractivity contribution in [3.8, 4) is 17.2 Å². The molecule has 25 heavy (non-hydrogen) atoms. The number of halogens is 1. The van der Waals surface area contributed by atoms with E-state index in [0.717, 1.165) is 18.2 Å². The minimum absolute atomic E-state index is 0.0295. The molecule has 0 aliphatic carbocycles. The molecule has 1 aromatic carbocycles. The van der Waals surface area contributed by atoms with Gasteiger partial charge >= 0.3 is 0 Å². The van der Waals surface area contributed by atoms with Gasteiger partial charge < -0.3 is 9.84 Å². The molecule has 0 atom stereocenters. The average molecular weight is 403 g/mol. The van der Waals surface area contributed by atoms with Crippen molar-refractivity contribution in [2.45, 2.75) is 19.3 Å². The Labute approximate surface area is 154 Å². The maximum atomic E-state index is 13.1. The fourth-order valence-electron chi connectivity index (χ4n) is 2.87. The van der Waals surface area contributed by atoms with Crippen molar-refractivity contribution < 1.29 is 9.84 Å². The first-order valence-corrected chi connectivity index (χ1v) is 9.21. The third-order valence-corrected chi connectivity index (χ3v) is 4.68. The van der Waals surface area contributed by atoms with Crippen LogP contribution in [0.1, 0.15) is 18.4 Å². The smallest absolute Gasteiger partial charge is 0.263 e. The van der Waals surface area contributed by atoms with Gasteiger partial charge in [-0.2, -0.15) is 0 Å². The molecule has 0 fully saturated rings. The van der Waals surface area contributed by atoms with Crippen molar-refractivity contribution in [3.63, 3.8) is 0 Å². The topological polar surface area (TPSA) is 64.3 Å². The Morgan fingerprint density at radius 1 is 1.24 bits per heavy atom. The number of nitrogens with zero attached hydrogens (tertiary/aromatic N) is 2. The van der Waals surface area contributed by atoms with Crippen LogP contribution >= 0.6 is 15.9 Å². The number of rotatable bonds is 6. The van der Waals surface area contributed by atoms with Gasteiger partial charge in [-0.05, 0) is 43.5 Å². The lowest BCUT2D eigenvalue weighted by molar-refractivity contribution is 0.414. The van der Waals surface area contributed by atoms with Gasteiger partial charge in [0.1, 0.15) is 11.5 Å². The SMILES string of the molecule is COc1cccc(-n2c(=O)c(CCCCBr)c(O)c3cccnc32)c1. The van der Waals surface area contributed by atoms with Crippen molar-refractivity contribution in [3.05, 3.63) is 58.5 Å². The molecular formula is C19H19BrN2O3. The van der Waals surface area contributed by atoms with Gasteiger partial charge in [-0.1, -0.05) is 22.0 Å². The second kappa shape index (κ2) is 7.70. The number of hydrogen-bond donors (Lipinski definition) is 1. The Balaban J connectivity index is 2.27. The molecule has 130 valence electrons. The molecule has 3 rings (SSSR count).